The van der Waals surface area contributed by atoms with E-state index in [9.17, 15) is 4.79 Å². The Morgan fingerprint density at radius 3 is 2.83 bits per heavy atom. The van der Waals surface area contributed by atoms with Crippen molar-refractivity contribution in [3.63, 3.8) is 0 Å². The van der Waals surface area contributed by atoms with Gasteiger partial charge in [0.15, 0.2) is 5.76 Å². The molecule has 0 fully saturated rings. The first-order valence-electron chi connectivity index (χ1n) is 8.15. The van der Waals surface area contributed by atoms with Crippen LogP contribution >= 0.6 is 0 Å². The number of benzene rings is 1. The van der Waals surface area contributed by atoms with E-state index in [2.05, 4.69) is 5.16 Å². The molecule has 2 aromatic heterocycles. The van der Waals surface area contributed by atoms with Crippen molar-refractivity contribution in [2.45, 2.75) is 26.3 Å². The first-order valence-corrected chi connectivity index (χ1v) is 8.15. The monoisotopic (exact) mass is 322 g/mol. The zero-order valence-corrected chi connectivity index (χ0v) is 13.5. The van der Waals surface area contributed by atoms with Crippen LogP contribution in [0.25, 0.3) is 11.5 Å². The van der Waals surface area contributed by atoms with E-state index in [1.54, 1.807) is 6.20 Å². The fourth-order valence-electron chi connectivity index (χ4n) is 3.27. The molecule has 0 saturated heterocycles. The molecule has 1 aliphatic carbocycles. The molecule has 0 bridgehead atoms. The van der Waals surface area contributed by atoms with Gasteiger partial charge in [-0.15, -0.1) is 0 Å². The zero-order chi connectivity index (χ0) is 16.5. The van der Waals surface area contributed by atoms with Crippen molar-refractivity contribution in [2.24, 2.45) is 0 Å². The maximum absolute atomic E-state index is 12.4. The number of hydrogen-bond acceptors (Lipinski definition) is 4. The second-order valence-electron chi connectivity index (χ2n) is 5.88. The Hall–Kier alpha value is -2.82. The van der Waals surface area contributed by atoms with E-state index < -0.39 is 0 Å². The Kier molecular flexibility index (Phi) is 3.69. The molecule has 0 spiro atoms. The lowest BCUT2D eigenvalue weighted by atomic mass is 9.96. The second kappa shape index (κ2) is 6.00. The van der Waals surface area contributed by atoms with E-state index >= 15 is 0 Å². The second-order valence-corrected chi connectivity index (χ2v) is 5.88. The molecule has 24 heavy (non-hydrogen) atoms. The summed E-state index contributed by atoms with van der Waals surface area (Å²) in [6.07, 6.45) is 3.52. The van der Waals surface area contributed by atoms with Crippen LogP contribution in [0.5, 0.6) is 0 Å². The van der Waals surface area contributed by atoms with Crippen LogP contribution in [-0.2, 0) is 24.1 Å². The number of fused-ring (bicyclic) bond motifs is 3. The van der Waals surface area contributed by atoms with E-state index in [0.29, 0.717) is 18.8 Å². The molecule has 0 amide bonds. The fourth-order valence-corrected chi connectivity index (χ4v) is 3.27. The number of nitrogens with zero attached hydrogens (tertiary/aromatic N) is 2. The van der Waals surface area contributed by atoms with Crippen molar-refractivity contribution >= 4 is 5.97 Å². The highest BCUT2D eigenvalue weighted by molar-refractivity contribution is 5.90. The van der Waals surface area contributed by atoms with E-state index in [1.807, 2.05) is 47.9 Å². The lowest BCUT2D eigenvalue weighted by Gasteiger charge is -2.15. The third kappa shape index (κ3) is 2.42. The van der Waals surface area contributed by atoms with Gasteiger partial charge in [-0.25, -0.2) is 4.79 Å². The first kappa shape index (κ1) is 14.8. The van der Waals surface area contributed by atoms with Gasteiger partial charge in [-0.2, -0.15) is 0 Å². The van der Waals surface area contributed by atoms with Crippen molar-refractivity contribution in [2.75, 3.05) is 6.61 Å². The van der Waals surface area contributed by atoms with Gasteiger partial charge in [-0.3, -0.25) is 0 Å². The van der Waals surface area contributed by atoms with Gasteiger partial charge < -0.3 is 13.8 Å². The Morgan fingerprint density at radius 2 is 2.04 bits per heavy atom. The Bertz CT molecular complexity index is 877. The number of carbonyl (C=O) groups excluding carboxylic acids is 1. The van der Waals surface area contributed by atoms with Crippen LogP contribution in [0.15, 0.2) is 47.1 Å². The highest BCUT2D eigenvalue weighted by atomic mass is 16.5. The van der Waals surface area contributed by atoms with Crippen LogP contribution in [0.3, 0.4) is 0 Å². The molecule has 0 atom stereocenters. The summed E-state index contributed by atoms with van der Waals surface area (Å²) >= 11 is 0. The molecule has 2 heterocycles. The largest absolute Gasteiger partial charge is 0.461 e. The van der Waals surface area contributed by atoms with Gasteiger partial charge in [0.1, 0.15) is 5.69 Å². The summed E-state index contributed by atoms with van der Waals surface area (Å²) in [6, 6.07) is 12.0. The molecule has 1 aromatic carbocycles. The summed E-state index contributed by atoms with van der Waals surface area (Å²) < 4.78 is 12.7. The summed E-state index contributed by atoms with van der Waals surface area (Å²) in [5, 5.41) is 3.94. The summed E-state index contributed by atoms with van der Waals surface area (Å²) in [5.41, 5.74) is 4.83. The molecule has 0 aliphatic heterocycles. The van der Waals surface area contributed by atoms with Crippen LogP contribution in [0.2, 0.25) is 0 Å². The third-order valence-corrected chi connectivity index (χ3v) is 4.37. The van der Waals surface area contributed by atoms with Gasteiger partial charge in [0.2, 0.25) is 0 Å². The van der Waals surface area contributed by atoms with Crippen molar-refractivity contribution in [3.8, 4) is 11.5 Å². The van der Waals surface area contributed by atoms with E-state index in [1.165, 1.54) is 0 Å². The Balaban J connectivity index is 1.86. The van der Waals surface area contributed by atoms with E-state index in [4.69, 9.17) is 9.26 Å². The first-order chi connectivity index (χ1) is 11.8. The van der Waals surface area contributed by atoms with Crippen molar-refractivity contribution in [1.29, 1.82) is 0 Å². The molecular formula is C19H18N2O3. The predicted molar refractivity (Wildman–Crippen MR) is 88.8 cm³/mol. The van der Waals surface area contributed by atoms with Crippen LogP contribution < -0.4 is 0 Å². The molecule has 122 valence electrons. The topological polar surface area (TPSA) is 57.3 Å². The van der Waals surface area contributed by atoms with Gasteiger partial charge >= 0.3 is 5.97 Å². The van der Waals surface area contributed by atoms with Gasteiger partial charge in [-0.05, 0) is 37.0 Å². The smallest absolute Gasteiger partial charge is 0.354 e. The van der Waals surface area contributed by atoms with Crippen LogP contribution in [-0.4, -0.2) is 22.3 Å². The average Bonchev–Trinajstić information content (AvgIpc) is 3.20. The number of ether oxygens (including phenoxy) is 1. The standard InChI is InChI=1S/C19H18N2O3/c1-2-23-19(22)16-10-14-8-9-15-11-20-24-18(15)17(14)21(16)12-13-6-4-3-5-7-13/h3-7,10-11H,2,8-9,12H2,1H3. The molecule has 0 saturated carbocycles. The maximum atomic E-state index is 12.4. The van der Waals surface area contributed by atoms with Crippen molar-refractivity contribution in [1.82, 2.24) is 9.72 Å². The number of aryl methyl sites for hydroxylation is 2. The van der Waals surface area contributed by atoms with E-state index in [0.717, 1.165) is 41.0 Å². The normalized spacial score (nSPS) is 12.5. The SMILES string of the molecule is CCOC(=O)c1cc2c(n1Cc1ccccc1)-c1oncc1CC2. The van der Waals surface area contributed by atoms with E-state index in [-0.39, 0.29) is 5.97 Å². The molecule has 4 rings (SSSR count). The summed E-state index contributed by atoms with van der Waals surface area (Å²) in [4.78, 5) is 12.4. The molecule has 5 heteroatoms. The fraction of sp³-hybridized carbons (Fsp3) is 0.263. The predicted octanol–water partition coefficient (Wildman–Crippen LogP) is 3.47. The zero-order valence-electron chi connectivity index (χ0n) is 13.5. The molecule has 5 nitrogen and oxygen atoms in total. The van der Waals surface area contributed by atoms with Crippen molar-refractivity contribution < 1.29 is 14.1 Å². The minimum absolute atomic E-state index is 0.302. The quantitative estimate of drug-likeness (QED) is 0.690. The third-order valence-electron chi connectivity index (χ3n) is 4.37. The number of carbonyl (C=O) groups is 1. The molecular weight excluding hydrogens is 304 g/mol. The Labute approximate surface area is 139 Å². The molecule has 1 aliphatic rings. The van der Waals surface area contributed by atoms with Crippen LogP contribution in [0, 0.1) is 0 Å². The number of hydrogen-bond donors (Lipinski definition) is 0. The molecule has 0 radical (unpaired) electrons. The minimum atomic E-state index is -0.302. The molecule has 3 aromatic rings. The summed E-state index contributed by atoms with van der Waals surface area (Å²) in [6.45, 7) is 2.76. The van der Waals surface area contributed by atoms with Gasteiger partial charge in [0, 0.05) is 12.1 Å². The van der Waals surface area contributed by atoms with Crippen molar-refractivity contribution in [3.05, 3.63) is 65.0 Å². The number of esters is 1. The molecule has 0 N–H and O–H groups in total. The summed E-state index contributed by atoms with van der Waals surface area (Å²) in [7, 11) is 0. The number of rotatable bonds is 4. The lowest BCUT2D eigenvalue weighted by molar-refractivity contribution is 0.0514. The van der Waals surface area contributed by atoms with Gasteiger partial charge in [0.05, 0.1) is 18.5 Å². The molecule has 0 unspecified atom stereocenters. The summed E-state index contributed by atoms with van der Waals surface area (Å²) in [5.74, 6) is 0.464. The van der Waals surface area contributed by atoms with Crippen LogP contribution in [0.1, 0.15) is 34.1 Å². The number of aromatic nitrogens is 2. The maximum Gasteiger partial charge on any atom is 0.354 e. The van der Waals surface area contributed by atoms with Gasteiger partial charge in [-0.1, -0.05) is 35.5 Å². The van der Waals surface area contributed by atoms with Gasteiger partial charge in [0.25, 0.3) is 0 Å². The van der Waals surface area contributed by atoms with Crippen LogP contribution in [0.4, 0.5) is 0 Å². The highest BCUT2D eigenvalue weighted by Gasteiger charge is 2.29. The lowest BCUT2D eigenvalue weighted by Crippen LogP contribution is -2.14. The Morgan fingerprint density at radius 1 is 1.25 bits per heavy atom. The highest BCUT2D eigenvalue weighted by Crippen LogP contribution is 2.36. The average molecular weight is 322 g/mol. The minimum Gasteiger partial charge on any atom is -0.461 e.